The minimum absolute atomic E-state index is 0.0107. The van der Waals surface area contributed by atoms with Gasteiger partial charge in [0.1, 0.15) is 11.6 Å². The number of hydrogen-bond donors (Lipinski definition) is 1. The lowest BCUT2D eigenvalue weighted by Crippen LogP contribution is -2.29. The highest BCUT2D eigenvalue weighted by Gasteiger charge is 2.33. The zero-order valence-corrected chi connectivity index (χ0v) is 12.4. The fourth-order valence-corrected chi connectivity index (χ4v) is 2.54. The first kappa shape index (κ1) is 14.6. The summed E-state index contributed by atoms with van der Waals surface area (Å²) < 4.78 is 18.1. The summed E-state index contributed by atoms with van der Waals surface area (Å²) in [6.45, 7) is 0. The Kier molecular flexibility index (Phi) is 4.09. The van der Waals surface area contributed by atoms with Crippen molar-refractivity contribution in [1.29, 1.82) is 0 Å². The third-order valence-electron chi connectivity index (χ3n) is 3.96. The van der Waals surface area contributed by atoms with Crippen molar-refractivity contribution in [3.05, 3.63) is 65.5 Å². The second kappa shape index (κ2) is 6.18. The van der Waals surface area contributed by atoms with E-state index in [-0.39, 0.29) is 17.8 Å². The van der Waals surface area contributed by atoms with Crippen LogP contribution < -0.4 is 10.1 Å². The number of carbonyl (C=O) groups excluding carboxylic acids is 1. The molecule has 2 aromatic carbocycles. The van der Waals surface area contributed by atoms with E-state index in [2.05, 4.69) is 5.32 Å². The number of halogens is 1. The molecule has 22 heavy (non-hydrogen) atoms. The number of hydrogen-bond acceptors (Lipinski definition) is 2. The predicted molar refractivity (Wildman–Crippen MR) is 82.3 cm³/mol. The molecule has 0 aliphatic heterocycles. The fraction of sp³-hybridized carbons (Fsp3) is 0.278. The Labute approximate surface area is 129 Å². The maximum absolute atomic E-state index is 12.9. The topological polar surface area (TPSA) is 38.3 Å². The number of benzene rings is 2. The Balaban J connectivity index is 1.76. The number of ether oxygens (including phenoxy) is 1. The van der Waals surface area contributed by atoms with Crippen molar-refractivity contribution in [1.82, 2.24) is 5.32 Å². The Morgan fingerprint density at radius 3 is 2.32 bits per heavy atom. The first-order valence-electron chi connectivity index (χ1n) is 7.38. The van der Waals surface area contributed by atoms with Crippen molar-refractivity contribution >= 4 is 5.91 Å². The smallest absolute Gasteiger partial charge is 0.251 e. The molecule has 1 aliphatic carbocycles. The number of amides is 1. The van der Waals surface area contributed by atoms with Gasteiger partial charge in [0.15, 0.2) is 0 Å². The second-order valence-corrected chi connectivity index (χ2v) is 5.57. The zero-order chi connectivity index (χ0) is 15.5. The van der Waals surface area contributed by atoms with Crippen molar-refractivity contribution in [3.8, 4) is 5.75 Å². The van der Waals surface area contributed by atoms with Gasteiger partial charge in [-0.1, -0.05) is 12.1 Å². The highest BCUT2D eigenvalue weighted by atomic mass is 19.1. The predicted octanol–water partition coefficient (Wildman–Crippen LogP) is 3.72. The summed E-state index contributed by atoms with van der Waals surface area (Å²) >= 11 is 0. The lowest BCUT2D eigenvalue weighted by molar-refractivity contribution is 0.0931. The van der Waals surface area contributed by atoms with Crippen LogP contribution in [-0.2, 0) is 0 Å². The van der Waals surface area contributed by atoms with Gasteiger partial charge >= 0.3 is 0 Å². The molecule has 114 valence electrons. The van der Waals surface area contributed by atoms with Crippen LogP contribution in [0, 0.1) is 11.7 Å². The van der Waals surface area contributed by atoms with Crippen molar-refractivity contribution in [3.63, 3.8) is 0 Å². The molecular formula is C18H18FNO2. The van der Waals surface area contributed by atoms with Gasteiger partial charge in [0, 0.05) is 5.56 Å². The van der Waals surface area contributed by atoms with Crippen LogP contribution >= 0.6 is 0 Å². The number of methoxy groups -OCH3 is 1. The molecule has 4 heteroatoms. The molecule has 1 fully saturated rings. The number of nitrogens with one attached hydrogen (secondary N) is 1. The van der Waals surface area contributed by atoms with Gasteiger partial charge in [-0.3, -0.25) is 4.79 Å². The molecule has 1 saturated carbocycles. The summed E-state index contributed by atoms with van der Waals surface area (Å²) in [5, 5.41) is 3.07. The first-order chi connectivity index (χ1) is 10.7. The molecule has 1 unspecified atom stereocenters. The molecule has 0 bridgehead atoms. The third-order valence-corrected chi connectivity index (χ3v) is 3.96. The molecule has 3 rings (SSSR count). The highest BCUT2D eigenvalue weighted by Crippen LogP contribution is 2.41. The lowest BCUT2D eigenvalue weighted by Gasteiger charge is -2.19. The molecule has 1 atom stereocenters. The standard InChI is InChI=1S/C18H18FNO2/c1-22-16-10-6-13(7-11-16)17(12-2-3-12)20-18(21)14-4-8-15(19)9-5-14/h4-12,17H,2-3H2,1H3,(H,20,21). The Bertz CT molecular complexity index is 648. The van der Waals surface area contributed by atoms with Crippen LogP contribution in [0.1, 0.15) is 34.8 Å². The highest BCUT2D eigenvalue weighted by molar-refractivity contribution is 5.94. The normalized spacial score (nSPS) is 15.2. The summed E-state index contributed by atoms with van der Waals surface area (Å²) in [4.78, 5) is 12.3. The Morgan fingerprint density at radius 1 is 1.14 bits per heavy atom. The fourth-order valence-electron chi connectivity index (χ4n) is 2.54. The zero-order valence-electron chi connectivity index (χ0n) is 12.4. The maximum Gasteiger partial charge on any atom is 0.251 e. The van der Waals surface area contributed by atoms with E-state index in [1.807, 2.05) is 24.3 Å². The summed E-state index contributed by atoms with van der Waals surface area (Å²) in [5.41, 5.74) is 1.54. The average molecular weight is 299 g/mol. The summed E-state index contributed by atoms with van der Waals surface area (Å²) in [5.74, 6) is 0.749. The van der Waals surface area contributed by atoms with E-state index >= 15 is 0 Å². The van der Waals surface area contributed by atoms with Crippen molar-refractivity contribution in [2.75, 3.05) is 7.11 Å². The van der Waals surface area contributed by atoms with Gasteiger partial charge in [0.25, 0.3) is 5.91 Å². The summed E-state index contributed by atoms with van der Waals surface area (Å²) in [6.07, 6.45) is 2.22. The van der Waals surface area contributed by atoms with Gasteiger partial charge in [-0.25, -0.2) is 4.39 Å². The summed E-state index contributed by atoms with van der Waals surface area (Å²) in [7, 11) is 1.63. The van der Waals surface area contributed by atoms with E-state index in [1.54, 1.807) is 7.11 Å². The minimum atomic E-state index is -0.342. The van der Waals surface area contributed by atoms with Crippen LogP contribution in [0.5, 0.6) is 5.75 Å². The molecule has 3 nitrogen and oxygen atoms in total. The molecule has 2 aromatic rings. The molecule has 0 heterocycles. The molecule has 1 amide bonds. The van der Waals surface area contributed by atoms with E-state index in [1.165, 1.54) is 24.3 Å². The van der Waals surface area contributed by atoms with Crippen LogP contribution in [0.25, 0.3) is 0 Å². The second-order valence-electron chi connectivity index (χ2n) is 5.57. The van der Waals surface area contributed by atoms with Crippen LogP contribution in [0.3, 0.4) is 0 Å². The monoisotopic (exact) mass is 299 g/mol. The average Bonchev–Trinajstić information content (AvgIpc) is 3.38. The molecular weight excluding hydrogens is 281 g/mol. The molecule has 0 aromatic heterocycles. The van der Waals surface area contributed by atoms with Crippen molar-refractivity contribution in [2.45, 2.75) is 18.9 Å². The van der Waals surface area contributed by atoms with Crippen molar-refractivity contribution < 1.29 is 13.9 Å². The van der Waals surface area contributed by atoms with Gasteiger partial charge in [0.05, 0.1) is 13.2 Å². The quantitative estimate of drug-likeness (QED) is 0.914. The first-order valence-corrected chi connectivity index (χ1v) is 7.38. The van der Waals surface area contributed by atoms with Gasteiger partial charge in [-0.15, -0.1) is 0 Å². The number of carbonyl (C=O) groups is 1. The van der Waals surface area contributed by atoms with E-state index in [9.17, 15) is 9.18 Å². The third kappa shape index (κ3) is 3.27. The number of rotatable bonds is 5. The molecule has 1 N–H and O–H groups in total. The largest absolute Gasteiger partial charge is 0.497 e. The van der Waals surface area contributed by atoms with Crippen LogP contribution in [0.4, 0.5) is 4.39 Å². The SMILES string of the molecule is COc1ccc(C(NC(=O)c2ccc(F)cc2)C2CC2)cc1. The lowest BCUT2D eigenvalue weighted by atomic mass is 10.0. The summed E-state index contributed by atoms with van der Waals surface area (Å²) in [6, 6.07) is 13.3. The molecule has 0 radical (unpaired) electrons. The van der Waals surface area contributed by atoms with Gasteiger partial charge in [-0.05, 0) is 60.7 Å². The molecule has 0 saturated heterocycles. The molecule has 1 aliphatic rings. The van der Waals surface area contributed by atoms with E-state index < -0.39 is 0 Å². The van der Waals surface area contributed by atoms with Crippen molar-refractivity contribution in [2.24, 2.45) is 5.92 Å². The molecule has 0 spiro atoms. The van der Waals surface area contributed by atoms with Crippen LogP contribution in [0.15, 0.2) is 48.5 Å². The van der Waals surface area contributed by atoms with E-state index in [0.29, 0.717) is 11.5 Å². The van der Waals surface area contributed by atoms with Gasteiger partial charge < -0.3 is 10.1 Å². The minimum Gasteiger partial charge on any atom is -0.497 e. The Morgan fingerprint density at radius 2 is 1.77 bits per heavy atom. The van der Waals surface area contributed by atoms with E-state index in [0.717, 1.165) is 24.2 Å². The maximum atomic E-state index is 12.9. The van der Waals surface area contributed by atoms with Crippen LogP contribution in [-0.4, -0.2) is 13.0 Å². The van der Waals surface area contributed by atoms with E-state index in [4.69, 9.17) is 4.74 Å². The van der Waals surface area contributed by atoms with Gasteiger partial charge in [0.2, 0.25) is 0 Å². The van der Waals surface area contributed by atoms with Gasteiger partial charge in [-0.2, -0.15) is 0 Å². The Hall–Kier alpha value is -2.36. The van der Waals surface area contributed by atoms with Crippen LogP contribution in [0.2, 0.25) is 0 Å².